The molecule has 0 saturated carbocycles. The van der Waals surface area contributed by atoms with Crippen LogP contribution in [0.1, 0.15) is 16.7 Å². The first-order valence-electron chi connectivity index (χ1n) is 8.54. The van der Waals surface area contributed by atoms with E-state index in [1.54, 1.807) is 17.3 Å². The Bertz CT molecular complexity index is 1070. The molecule has 3 heterocycles. The molecule has 134 valence electrons. The van der Waals surface area contributed by atoms with Crippen LogP contribution < -0.4 is 9.64 Å². The number of rotatable bonds is 2. The van der Waals surface area contributed by atoms with Gasteiger partial charge in [-0.15, -0.1) is 0 Å². The summed E-state index contributed by atoms with van der Waals surface area (Å²) in [5, 5.41) is 0. The first kappa shape index (κ1) is 15.9. The van der Waals surface area contributed by atoms with Crippen molar-refractivity contribution in [2.45, 2.75) is 12.0 Å². The van der Waals surface area contributed by atoms with Crippen molar-refractivity contribution in [1.82, 2.24) is 4.98 Å². The van der Waals surface area contributed by atoms with Gasteiger partial charge in [0.25, 0.3) is 0 Å². The zero-order valence-corrected chi connectivity index (χ0v) is 14.2. The molecule has 3 aromatic rings. The van der Waals surface area contributed by atoms with E-state index >= 15 is 0 Å². The number of aromatic nitrogens is 1. The number of ether oxygens (including phenoxy) is 1. The molecule has 1 spiro atoms. The Hall–Kier alpha value is -3.28. The summed E-state index contributed by atoms with van der Waals surface area (Å²) in [4.78, 5) is 19.3. The highest BCUT2D eigenvalue weighted by molar-refractivity contribution is 6.11. The van der Waals surface area contributed by atoms with Crippen LogP contribution in [0.4, 0.5) is 14.5 Å². The van der Waals surface area contributed by atoms with E-state index in [9.17, 15) is 13.6 Å². The topological polar surface area (TPSA) is 42.4 Å². The van der Waals surface area contributed by atoms with Gasteiger partial charge in [0.05, 0.1) is 6.54 Å². The second-order valence-corrected chi connectivity index (χ2v) is 6.73. The zero-order valence-electron chi connectivity index (χ0n) is 14.2. The molecule has 5 rings (SSSR count). The Kier molecular flexibility index (Phi) is 3.31. The number of fused-ring (bicyclic) bond motifs is 4. The number of para-hydroxylation sites is 1. The van der Waals surface area contributed by atoms with Gasteiger partial charge in [-0.1, -0.05) is 24.3 Å². The first-order valence-corrected chi connectivity index (χ1v) is 8.54. The molecule has 1 atom stereocenters. The number of carbonyl (C=O) groups is 1. The second-order valence-electron chi connectivity index (χ2n) is 6.73. The molecule has 27 heavy (non-hydrogen) atoms. The molecule has 6 heteroatoms. The van der Waals surface area contributed by atoms with Crippen LogP contribution in [-0.2, 0) is 16.8 Å². The molecule has 0 radical (unpaired) electrons. The third kappa shape index (κ3) is 2.13. The van der Waals surface area contributed by atoms with Gasteiger partial charge in [0.2, 0.25) is 5.91 Å². The molecular weight excluding hydrogens is 350 g/mol. The van der Waals surface area contributed by atoms with Crippen LogP contribution in [0.15, 0.2) is 60.9 Å². The monoisotopic (exact) mass is 364 g/mol. The number of pyridine rings is 1. The van der Waals surface area contributed by atoms with Gasteiger partial charge < -0.3 is 9.64 Å². The predicted molar refractivity (Wildman–Crippen MR) is 94.5 cm³/mol. The van der Waals surface area contributed by atoms with E-state index in [0.29, 0.717) is 12.1 Å². The lowest BCUT2D eigenvalue weighted by molar-refractivity contribution is -0.122. The SMILES string of the molecule is O=C1N(Cc2cccnc2)c2ccccc2C12COc1cc(F)c(F)cc12. The minimum Gasteiger partial charge on any atom is -0.491 e. The highest BCUT2D eigenvalue weighted by Gasteiger charge is 2.57. The van der Waals surface area contributed by atoms with Crippen LogP contribution in [0.2, 0.25) is 0 Å². The van der Waals surface area contributed by atoms with E-state index in [1.807, 2.05) is 36.4 Å². The largest absolute Gasteiger partial charge is 0.491 e. The molecule has 4 nitrogen and oxygen atoms in total. The minimum atomic E-state index is -1.16. The van der Waals surface area contributed by atoms with E-state index < -0.39 is 17.0 Å². The summed E-state index contributed by atoms with van der Waals surface area (Å²) in [5.41, 5.74) is 1.56. The summed E-state index contributed by atoms with van der Waals surface area (Å²) in [6.07, 6.45) is 3.37. The summed E-state index contributed by atoms with van der Waals surface area (Å²) in [7, 11) is 0. The van der Waals surface area contributed by atoms with E-state index in [1.165, 1.54) is 0 Å². The normalized spacial score (nSPS) is 19.9. The number of carbonyl (C=O) groups excluding carboxylic acids is 1. The Morgan fingerprint density at radius 2 is 1.89 bits per heavy atom. The van der Waals surface area contributed by atoms with E-state index in [2.05, 4.69) is 4.98 Å². The fourth-order valence-corrected chi connectivity index (χ4v) is 4.00. The summed E-state index contributed by atoms with van der Waals surface area (Å²) >= 11 is 0. The molecule has 0 N–H and O–H groups in total. The van der Waals surface area contributed by atoms with Gasteiger partial charge in [-0.05, 0) is 29.3 Å². The van der Waals surface area contributed by atoms with Crippen LogP contribution in [-0.4, -0.2) is 17.5 Å². The van der Waals surface area contributed by atoms with Gasteiger partial charge >= 0.3 is 0 Å². The Labute approximate surface area is 154 Å². The maximum atomic E-state index is 14.0. The number of amides is 1. The number of nitrogens with zero attached hydrogens (tertiary/aromatic N) is 2. The molecule has 0 saturated heterocycles. The van der Waals surface area contributed by atoms with Crippen molar-refractivity contribution in [2.24, 2.45) is 0 Å². The van der Waals surface area contributed by atoms with Crippen LogP contribution in [0.5, 0.6) is 5.75 Å². The highest BCUT2D eigenvalue weighted by Crippen LogP contribution is 2.52. The molecule has 1 aromatic heterocycles. The lowest BCUT2D eigenvalue weighted by Gasteiger charge is -2.23. The van der Waals surface area contributed by atoms with Crippen molar-refractivity contribution in [3.63, 3.8) is 0 Å². The van der Waals surface area contributed by atoms with Crippen molar-refractivity contribution in [3.8, 4) is 5.75 Å². The highest BCUT2D eigenvalue weighted by atomic mass is 19.2. The van der Waals surface area contributed by atoms with Crippen molar-refractivity contribution < 1.29 is 18.3 Å². The average molecular weight is 364 g/mol. The van der Waals surface area contributed by atoms with Gasteiger partial charge in [-0.25, -0.2) is 8.78 Å². The van der Waals surface area contributed by atoms with Crippen molar-refractivity contribution >= 4 is 11.6 Å². The molecule has 1 amide bonds. The number of anilines is 1. The second kappa shape index (κ2) is 5.61. The van der Waals surface area contributed by atoms with E-state index in [4.69, 9.17) is 4.74 Å². The lowest BCUT2D eigenvalue weighted by Crippen LogP contribution is -2.42. The predicted octanol–water partition coefficient (Wildman–Crippen LogP) is 3.59. The minimum absolute atomic E-state index is 0.0185. The van der Waals surface area contributed by atoms with Crippen LogP contribution in [0.25, 0.3) is 0 Å². The molecular formula is C21H14F2N2O2. The molecule has 2 aliphatic rings. The van der Waals surface area contributed by atoms with Crippen LogP contribution >= 0.6 is 0 Å². The van der Waals surface area contributed by atoms with Crippen molar-refractivity contribution in [3.05, 3.63) is 89.2 Å². The average Bonchev–Trinajstić information content (AvgIpc) is 3.16. The Morgan fingerprint density at radius 3 is 2.70 bits per heavy atom. The van der Waals surface area contributed by atoms with Gasteiger partial charge in [0.15, 0.2) is 11.6 Å². The summed E-state index contributed by atoms with van der Waals surface area (Å²) in [5.74, 6) is -1.98. The maximum Gasteiger partial charge on any atom is 0.246 e. The fourth-order valence-electron chi connectivity index (χ4n) is 4.00. The van der Waals surface area contributed by atoms with Gasteiger partial charge in [-0.3, -0.25) is 9.78 Å². The maximum absolute atomic E-state index is 14.0. The molecule has 2 aliphatic heterocycles. The molecule has 0 aliphatic carbocycles. The van der Waals surface area contributed by atoms with E-state index in [0.717, 1.165) is 28.9 Å². The third-order valence-electron chi connectivity index (χ3n) is 5.25. The first-order chi connectivity index (χ1) is 13.1. The summed E-state index contributed by atoms with van der Waals surface area (Å²) in [6, 6.07) is 13.2. The standard InChI is InChI=1S/C21H14F2N2O2/c22-16-8-15-19(9-17(16)23)27-12-21(15)14-5-1-2-6-18(14)25(20(21)26)11-13-4-3-7-24-10-13/h1-10H,11-12H2. The summed E-state index contributed by atoms with van der Waals surface area (Å²) in [6.45, 7) is 0.356. The number of halogens is 2. The van der Waals surface area contributed by atoms with Gasteiger partial charge in [0, 0.05) is 29.7 Å². The van der Waals surface area contributed by atoms with Gasteiger partial charge in [-0.2, -0.15) is 0 Å². The van der Waals surface area contributed by atoms with Crippen LogP contribution in [0, 0.1) is 11.6 Å². The quantitative estimate of drug-likeness (QED) is 0.698. The van der Waals surface area contributed by atoms with Gasteiger partial charge in [0.1, 0.15) is 17.8 Å². The van der Waals surface area contributed by atoms with Crippen molar-refractivity contribution in [2.75, 3.05) is 11.5 Å². The van der Waals surface area contributed by atoms with E-state index in [-0.39, 0.29) is 18.3 Å². The summed E-state index contributed by atoms with van der Waals surface area (Å²) < 4.78 is 33.3. The number of hydrogen-bond acceptors (Lipinski definition) is 3. The van der Waals surface area contributed by atoms with Crippen molar-refractivity contribution in [1.29, 1.82) is 0 Å². The zero-order chi connectivity index (χ0) is 18.6. The Morgan fingerprint density at radius 1 is 1.07 bits per heavy atom. The third-order valence-corrected chi connectivity index (χ3v) is 5.25. The molecule has 0 fully saturated rings. The molecule has 2 aromatic carbocycles. The number of benzene rings is 2. The lowest BCUT2D eigenvalue weighted by atomic mass is 9.77. The van der Waals surface area contributed by atoms with Crippen LogP contribution in [0.3, 0.4) is 0 Å². The molecule has 0 bridgehead atoms. The fraction of sp³-hybridized carbons (Fsp3) is 0.143. The Balaban J connectivity index is 1.68. The molecule has 1 unspecified atom stereocenters. The smallest absolute Gasteiger partial charge is 0.246 e. The number of hydrogen-bond donors (Lipinski definition) is 0.